The van der Waals surface area contributed by atoms with Crippen molar-refractivity contribution in [2.45, 2.75) is 81.8 Å². The predicted octanol–water partition coefficient (Wildman–Crippen LogP) is 4.57. The number of aromatic nitrogens is 2. The lowest BCUT2D eigenvalue weighted by atomic mass is 9.96. The molecule has 204 valence electrons. The van der Waals surface area contributed by atoms with E-state index in [0.29, 0.717) is 29.8 Å². The number of rotatable bonds is 6. The molecule has 1 aliphatic carbocycles. The molecule has 0 bridgehead atoms. The number of hydrogen-bond acceptors (Lipinski definition) is 7. The van der Waals surface area contributed by atoms with Gasteiger partial charge in [-0.25, -0.2) is 18.6 Å². The van der Waals surface area contributed by atoms with Crippen LogP contribution >= 0.6 is 11.8 Å². The van der Waals surface area contributed by atoms with Crippen LogP contribution in [-0.4, -0.2) is 68.9 Å². The molecule has 1 saturated heterocycles. The van der Waals surface area contributed by atoms with Crippen molar-refractivity contribution in [3.8, 4) is 5.75 Å². The molecule has 2 N–H and O–H groups in total. The second-order valence-electron chi connectivity index (χ2n) is 10.9. The molecular formula is C26H35F2N3O5S. The van der Waals surface area contributed by atoms with Gasteiger partial charge in [-0.1, -0.05) is 0 Å². The van der Waals surface area contributed by atoms with Crippen LogP contribution in [-0.2, 0) is 10.5 Å². The first-order valence-electron chi connectivity index (χ1n) is 12.8. The summed E-state index contributed by atoms with van der Waals surface area (Å²) in [5.41, 5.74) is -1.02. The summed E-state index contributed by atoms with van der Waals surface area (Å²) in [4.78, 5) is 33.2. The Hall–Kier alpha value is -2.40. The highest BCUT2D eigenvalue weighted by Gasteiger charge is 2.34. The van der Waals surface area contributed by atoms with Gasteiger partial charge in [-0.15, -0.1) is 0 Å². The summed E-state index contributed by atoms with van der Waals surface area (Å²) >= 11 is 1.67. The van der Waals surface area contributed by atoms with Crippen LogP contribution in [0.15, 0.2) is 16.9 Å². The Bertz CT molecular complexity index is 1160. The van der Waals surface area contributed by atoms with Crippen molar-refractivity contribution < 1.29 is 28.2 Å². The minimum absolute atomic E-state index is 0.00764. The number of H-pyrrole nitrogens is 1. The van der Waals surface area contributed by atoms with Crippen molar-refractivity contribution >= 4 is 28.8 Å². The monoisotopic (exact) mass is 539 g/mol. The molecule has 1 saturated carbocycles. The second-order valence-corrected chi connectivity index (χ2v) is 12.1. The van der Waals surface area contributed by atoms with Crippen molar-refractivity contribution in [1.82, 2.24) is 14.9 Å². The van der Waals surface area contributed by atoms with Crippen LogP contribution in [0.5, 0.6) is 5.75 Å². The maximum atomic E-state index is 14.8. The van der Waals surface area contributed by atoms with E-state index in [0.717, 1.165) is 31.7 Å². The van der Waals surface area contributed by atoms with Crippen molar-refractivity contribution in [2.75, 3.05) is 19.7 Å². The van der Waals surface area contributed by atoms with Gasteiger partial charge in [-0.3, -0.25) is 4.79 Å². The van der Waals surface area contributed by atoms with Crippen molar-refractivity contribution in [2.24, 2.45) is 5.92 Å². The predicted molar refractivity (Wildman–Crippen MR) is 138 cm³/mol. The summed E-state index contributed by atoms with van der Waals surface area (Å²) < 4.78 is 40.6. The summed E-state index contributed by atoms with van der Waals surface area (Å²) in [6.45, 7) is 5.53. The maximum absolute atomic E-state index is 14.8. The molecule has 1 aromatic heterocycles. The number of alkyl halides is 1. The Kier molecular flexibility index (Phi) is 8.63. The molecular weight excluding hydrogens is 504 g/mol. The van der Waals surface area contributed by atoms with Crippen molar-refractivity contribution in [3.05, 3.63) is 34.1 Å². The molecule has 1 aliphatic heterocycles. The molecule has 2 atom stereocenters. The molecule has 2 heterocycles. The van der Waals surface area contributed by atoms with E-state index in [9.17, 15) is 23.5 Å². The first-order chi connectivity index (χ1) is 17.5. The lowest BCUT2D eigenvalue weighted by Gasteiger charge is -2.35. The second kappa shape index (κ2) is 11.6. The highest BCUT2D eigenvalue weighted by atomic mass is 32.2. The molecule has 8 nitrogen and oxygen atoms in total. The van der Waals surface area contributed by atoms with E-state index >= 15 is 0 Å². The molecule has 4 rings (SSSR count). The molecule has 11 heteroatoms. The van der Waals surface area contributed by atoms with Gasteiger partial charge in [0.25, 0.3) is 5.56 Å². The lowest BCUT2D eigenvalue weighted by Crippen LogP contribution is -2.48. The van der Waals surface area contributed by atoms with Crippen LogP contribution < -0.4 is 10.3 Å². The Morgan fingerprint density at radius 2 is 1.97 bits per heavy atom. The molecule has 37 heavy (non-hydrogen) atoms. The fourth-order valence-electron chi connectivity index (χ4n) is 4.64. The van der Waals surface area contributed by atoms with E-state index in [1.807, 2.05) is 0 Å². The Morgan fingerprint density at radius 1 is 1.24 bits per heavy atom. The van der Waals surface area contributed by atoms with Gasteiger partial charge >= 0.3 is 6.09 Å². The number of likely N-dealkylation sites (tertiary alicyclic amines) is 1. The van der Waals surface area contributed by atoms with Crippen molar-refractivity contribution in [1.29, 1.82) is 0 Å². The lowest BCUT2D eigenvalue weighted by molar-refractivity contribution is 0.000394. The highest BCUT2D eigenvalue weighted by molar-refractivity contribution is 7.99. The SMILES string of the molecule is CC(C)(C)OC(=O)N1CC[C@@H](COc2cc(F)c3c(=O)[nH]c(CSC4CCC(O)CC4)nc3c2)[C@H](F)C1. The minimum Gasteiger partial charge on any atom is -0.493 e. The van der Waals surface area contributed by atoms with Crippen LogP contribution in [0.25, 0.3) is 10.9 Å². The van der Waals surface area contributed by atoms with Gasteiger partial charge < -0.3 is 24.5 Å². The van der Waals surface area contributed by atoms with Crippen molar-refractivity contribution in [3.63, 3.8) is 0 Å². The molecule has 0 radical (unpaired) electrons. The van der Waals surface area contributed by atoms with E-state index in [2.05, 4.69) is 9.97 Å². The van der Waals surface area contributed by atoms with Crippen LogP contribution in [0, 0.1) is 11.7 Å². The highest BCUT2D eigenvalue weighted by Crippen LogP contribution is 2.31. The zero-order chi connectivity index (χ0) is 26.7. The third-order valence-electron chi connectivity index (χ3n) is 6.67. The standard InChI is InChI=1S/C26H35F2N3O5S/c1-26(2,3)36-25(34)31-9-8-15(20(28)12-31)13-35-17-10-19(27)23-21(11-17)29-22(30-24(23)33)14-37-18-6-4-16(32)5-7-18/h10-11,15-16,18,20,32H,4-9,12-14H2,1-3H3,(H,29,30,33)/t15-,16?,18?,20+/m0/s1. The van der Waals surface area contributed by atoms with E-state index in [-0.39, 0.29) is 35.9 Å². The first kappa shape index (κ1) is 27.6. The number of hydrogen-bond donors (Lipinski definition) is 2. The van der Waals surface area contributed by atoms with Gasteiger partial charge in [0.1, 0.15) is 34.6 Å². The summed E-state index contributed by atoms with van der Waals surface area (Å²) in [5.74, 6) is -0.129. The normalized spacial score (nSPS) is 24.8. The number of benzene rings is 1. The van der Waals surface area contributed by atoms with Gasteiger partial charge in [0.2, 0.25) is 0 Å². The van der Waals surface area contributed by atoms with E-state index in [4.69, 9.17) is 9.47 Å². The number of ether oxygens (including phenoxy) is 2. The van der Waals surface area contributed by atoms with Crippen LogP contribution in [0.1, 0.15) is 58.7 Å². The van der Waals surface area contributed by atoms with Gasteiger partial charge in [0, 0.05) is 29.8 Å². The van der Waals surface area contributed by atoms with Gasteiger partial charge in [-0.05, 0) is 52.9 Å². The topological polar surface area (TPSA) is 105 Å². The van der Waals surface area contributed by atoms with Crippen LogP contribution in [0.4, 0.5) is 13.6 Å². The number of amides is 1. The average Bonchev–Trinajstić information content (AvgIpc) is 2.81. The number of aliphatic hydroxyl groups is 1. The number of carbonyl (C=O) groups is 1. The van der Waals surface area contributed by atoms with E-state index < -0.39 is 35.2 Å². The molecule has 1 amide bonds. The Morgan fingerprint density at radius 3 is 2.65 bits per heavy atom. The molecule has 2 aliphatic rings. The summed E-state index contributed by atoms with van der Waals surface area (Å²) in [6.07, 6.45) is 1.64. The van der Waals surface area contributed by atoms with Crippen LogP contribution in [0.2, 0.25) is 0 Å². The number of carbonyl (C=O) groups excluding carboxylic acids is 1. The number of nitrogens with zero attached hydrogens (tertiary/aromatic N) is 2. The molecule has 1 aromatic carbocycles. The van der Waals surface area contributed by atoms with E-state index in [1.165, 1.54) is 11.0 Å². The van der Waals surface area contributed by atoms with Gasteiger partial charge in [0.05, 0.1) is 30.5 Å². The van der Waals surface area contributed by atoms with Gasteiger partial charge in [-0.2, -0.15) is 11.8 Å². The number of fused-ring (bicyclic) bond motifs is 1. The molecule has 0 spiro atoms. The average molecular weight is 540 g/mol. The quantitative estimate of drug-likeness (QED) is 0.554. The Labute approximate surface area is 219 Å². The number of halogens is 2. The largest absolute Gasteiger partial charge is 0.493 e. The number of aromatic amines is 1. The van der Waals surface area contributed by atoms with E-state index in [1.54, 1.807) is 32.5 Å². The number of piperidine rings is 1. The fourth-order valence-corrected chi connectivity index (χ4v) is 5.78. The summed E-state index contributed by atoms with van der Waals surface area (Å²) in [6, 6.07) is 2.62. The Balaban J connectivity index is 1.37. The van der Waals surface area contributed by atoms with Crippen LogP contribution in [0.3, 0.4) is 0 Å². The molecule has 0 unspecified atom stereocenters. The third kappa shape index (κ3) is 7.34. The summed E-state index contributed by atoms with van der Waals surface area (Å²) in [5, 5.41) is 9.91. The minimum atomic E-state index is -1.31. The van der Waals surface area contributed by atoms with Gasteiger partial charge in [0.15, 0.2) is 0 Å². The zero-order valence-electron chi connectivity index (χ0n) is 21.5. The molecule has 2 fully saturated rings. The fraction of sp³-hybridized carbons (Fsp3) is 0.654. The molecule has 2 aromatic rings. The number of nitrogens with one attached hydrogen (secondary N) is 1. The number of aliphatic hydroxyl groups excluding tert-OH is 1. The maximum Gasteiger partial charge on any atom is 0.410 e. The number of thioether (sulfide) groups is 1. The smallest absolute Gasteiger partial charge is 0.410 e. The first-order valence-corrected chi connectivity index (χ1v) is 13.8. The zero-order valence-corrected chi connectivity index (χ0v) is 22.3. The third-order valence-corrected chi connectivity index (χ3v) is 8.06. The summed E-state index contributed by atoms with van der Waals surface area (Å²) in [7, 11) is 0.